The third-order valence-electron chi connectivity index (χ3n) is 2.50. The molecule has 0 aliphatic rings. The number of benzene rings is 1. The van der Waals surface area contributed by atoms with Crippen LogP contribution in [0.25, 0.3) is 10.9 Å². The van der Waals surface area contributed by atoms with Gasteiger partial charge in [-0.2, -0.15) is 0 Å². The van der Waals surface area contributed by atoms with Crippen LogP contribution in [-0.4, -0.2) is 12.1 Å². The smallest absolute Gasteiger partial charge is 0.148 e. The fourth-order valence-corrected chi connectivity index (χ4v) is 1.87. The minimum atomic E-state index is 0.748. The molecule has 2 rings (SSSR count). The molecule has 0 bridgehead atoms. The molecule has 3 heteroatoms. The third-order valence-corrected chi connectivity index (χ3v) is 3.00. The molecule has 0 aliphatic heterocycles. The number of hydrogen-bond donors (Lipinski definition) is 0. The van der Waals surface area contributed by atoms with E-state index in [0.717, 1.165) is 32.8 Å². The van der Waals surface area contributed by atoms with Gasteiger partial charge in [-0.15, -0.1) is 0 Å². The minimum absolute atomic E-state index is 0.748. The second kappa shape index (κ2) is 3.70. The Bertz CT molecular complexity index is 523. The van der Waals surface area contributed by atoms with E-state index in [4.69, 9.17) is 16.3 Å². The van der Waals surface area contributed by atoms with Crippen molar-refractivity contribution in [3.05, 3.63) is 34.5 Å². The highest BCUT2D eigenvalue weighted by molar-refractivity contribution is 6.36. The van der Waals surface area contributed by atoms with Crippen LogP contribution in [0.2, 0.25) is 5.02 Å². The van der Waals surface area contributed by atoms with E-state index in [9.17, 15) is 0 Å². The van der Waals surface area contributed by atoms with Gasteiger partial charge in [0.25, 0.3) is 0 Å². The van der Waals surface area contributed by atoms with Crippen LogP contribution in [0.15, 0.2) is 18.3 Å². The molecule has 0 fully saturated rings. The Labute approximate surface area is 93.8 Å². The number of methoxy groups -OCH3 is 1. The summed E-state index contributed by atoms with van der Waals surface area (Å²) < 4.78 is 5.33. The van der Waals surface area contributed by atoms with Crippen molar-refractivity contribution in [1.29, 1.82) is 0 Å². The van der Waals surface area contributed by atoms with Gasteiger partial charge in [-0.05, 0) is 25.0 Å². The van der Waals surface area contributed by atoms with Crippen LogP contribution in [-0.2, 0) is 0 Å². The molecule has 0 atom stereocenters. The molecular weight excluding hydrogens is 210 g/mol. The van der Waals surface area contributed by atoms with Crippen LogP contribution in [0.5, 0.6) is 5.75 Å². The van der Waals surface area contributed by atoms with E-state index >= 15 is 0 Å². The predicted octanol–water partition coefficient (Wildman–Crippen LogP) is 3.51. The van der Waals surface area contributed by atoms with E-state index in [1.54, 1.807) is 13.3 Å². The molecule has 0 amide bonds. The van der Waals surface area contributed by atoms with Gasteiger partial charge in [0, 0.05) is 11.6 Å². The highest BCUT2D eigenvalue weighted by atomic mass is 35.5. The fourth-order valence-electron chi connectivity index (χ4n) is 1.67. The lowest BCUT2D eigenvalue weighted by Gasteiger charge is -2.09. The molecule has 2 nitrogen and oxygen atoms in total. The van der Waals surface area contributed by atoms with E-state index in [0.29, 0.717) is 0 Å². The van der Waals surface area contributed by atoms with Crippen LogP contribution in [0.1, 0.15) is 11.1 Å². The first-order chi connectivity index (χ1) is 7.15. The summed E-state index contributed by atoms with van der Waals surface area (Å²) in [6.45, 7) is 3.94. The number of nitrogens with zero attached hydrogens (tertiary/aromatic N) is 1. The normalized spacial score (nSPS) is 10.7. The van der Waals surface area contributed by atoms with E-state index in [-0.39, 0.29) is 0 Å². The van der Waals surface area contributed by atoms with Gasteiger partial charge in [-0.25, -0.2) is 0 Å². The Balaban J connectivity index is 2.89. The van der Waals surface area contributed by atoms with Crippen molar-refractivity contribution < 1.29 is 4.74 Å². The van der Waals surface area contributed by atoms with Gasteiger partial charge in [0.1, 0.15) is 11.3 Å². The number of rotatable bonds is 1. The van der Waals surface area contributed by atoms with Crippen LogP contribution in [0.3, 0.4) is 0 Å². The van der Waals surface area contributed by atoms with Crippen molar-refractivity contribution >= 4 is 22.5 Å². The van der Waals surface area contributed by atoms with Crippen LogP contribution in [0, 0.1) is 13.8 Å². The number of halogens is 1. The Morgan fingerprint density at radius 1 is 1.20 bits per heavy atom. The van der Waals surface area contributed by atoms with Crippen molar-refractivity contribution in [2.24, 2.45) is 0 Å². The van der Waals surface area contributed by atoms with E-state index in [2.05, 4.69) is 4.98 Å². The van der Waals surface area contributed by atoms with Gasteiger partial charge in [-0.1, -0.05) is 23.7 Å². The summed E-state index contributed by atoms with van der Waals surface area (Å²) in [5.41, 5.74) is 2.88. The number of pyridine rings is 1. The van der Waals surface area contributed by atoms with Crippen molar-refractivity contribution in [2.45, 2.75) is 13.8 Å². The topological polar surface area (TPSA) is 22.1 Å². The maximum atomic E-state index is 6.21. The molecule has 0 spiro atoms. The first-order valence-electron chi connectivity index (χ1n) is 4.73. The third kappa shape index (κ3) is 1.55. The Morgan fingerprint density at radius 3 is 2.60 bits per heavy atom. The number of ether oxygens (including phenoxy) is 1. The minimum Gasteiger partial charge on any atom is -0.494 e. The highest BCUT2D eigenvalue weighted by Gasteiger charge is 2.10. The highest BCUT2D eigenvalue weighted by Crippen LogP contribution is 2.32. The average Bonchev–Trinajstić information content (AvgIpc) is 2.23. The van der Waals surface area contributed by atoms with Gasteiger partial charge in [0.15, 0.2) is 0 Å². The van der Waals surface area contributed by atoms with Crippen molar-refractivity contribution in [3.63, 3.8) is 0 Å². The number of fused-ring (bicyclic) bond motifs is 1. The number of aromatic nitrogens is 1. The van der Waals surface area contributed by atoms with Crippen molar-refractivity contribution in [3.8, 4) is 5.75 Å². The Hall–Kier alpha value is -1.28. The maximum Gasteiger partial charge on any atom is 0.148 e. The van der Waals surface area contributed by atoms with Gasteiger partial charge in [-0.3, -0.25) is 4.98 Å². The number of aryl methyl sites for hydroxylation is 2. The molecule has 0 aliphatic carbocycles. The largest absolute Gasteiger partial charge is 0.494 e. The molecule has 2 aromatic rings. The standard InChI is InChI=1S/C12H12ClNO/c1-7-4-5-9-10(13)8(2)6-14-11(9)12(7)15-3/h4-6H,1-3H3. The molecule has 78 valence electrons. The molecule has 0 N–H and O–H groups in total. The van der Waals surface area contributed by atoms with Crippen LogP contribution >= 0.6 is 11.6 Å². The fraction of sp³-hybridized carbons (Fsp3) is 0.250. The second-order valence-electron chi connectivity index (χ2n) is 3.57. The molecule has 0 unspecified atom stereocenters. The average molecular weight is 222 g/mol. The lowest BCUT2D eigenvalue weighted by atomic mass is 10.1. The predicted molar refractivity (Wildman–Crippen MR) is 62.8 cm³/mol. The van der Waals surface area contributed by atoms with Crippen molar-refractivity contribution in [1.82, 2.24) is 4.98 Å². The summed E-state index contributed by atoms with van der Waals surface area (Å²) >= 11 is 6.21. The zero-order valence-electron chi connectivity index (χ0n) is 8.97. The number of hydrogen-bond acceptors (Lipinski definition) is 2. The monoisotopic (exact) mass is 221 g/mol. The summed E-state index contributed by atoms with van der Waals surface area (Å²) in [5, 5.41) is 1.69. The summed E-state index contributed by atoms with van der Waals surface area (Å²) in [5.74, 6) is 0.800. The van der Waals surface area contributed by atoms with Gasteiger partial charge >= 0.3 is 0 Å². The maximum absolute atomic E-state index is 6.21. The zero-order valence-corrected chi connectivity index (χ0v) is 9.72. The quantitative estimate of drug-likeness (QED) is 0.735. The second-order valence-corrected chi connectivity index (χ2v) is 3.95. The molecule has 0 saturated heterocycles. The lowest BCUT2D eigenvalue weighted by Crippen LogP contribution is -1.92. The summed E-state index contributed by atoms with van der Waals surface area (Å²) in [6.07, 6.45) is 1.77. The summed E-state index contributed by atoms with van der Waals surface area (Å²) in [7, 11) is 1.65. The zero-order chi connectivity index (χ0) is 11.0. The van der Waals surface area contributed by atoms with Crippen molar-refractivity contribution in [2.75, 3.05) is 7.11 Å². The van der Waals surface area contributed by atoms with Crippen LogP contribution in [0.4, 0.5) is 0 Å². The molecule has 0 saturated carbocycles. The van der Waals surface area contributed by atoms with Gasteiger partial charge < -0.3 is 4.74 Å². The van der Waals surface area contributed by atoms with Gasteiger partial charge in [0.05, 0.1) is 12.1 Å². The lowest BCUT2D eigenvalue weighted by molar-refractivity contribution is 0.416. The van der Waals surface area contributed by atoms with E-state index < -0.39 is 0 Å². The van der Waals surface area contributed by atoms with Crippen LogP contribution < -0.4 is 4.74 Å². The first-order valence-corrected chi connectivity index (χ1v) is 5.11. The Morgan fingerprint density at radius 2 is 1.93 bits per heavy atom. The molecule has 1 aromatic heterocycles. The summed E-state index contributed by atoms with van der Waals surface area (Å²) in [6, 6.07) is 3.98. The van der Waals surface area contributed by atoms with E-state index in [1.165, 1.54) is 0 Å². The Kier molecular flexibility index (Phi) is 2.53. The summed E-state index contributed by atoms with van der Waals surface area (Å²) in [4.78, 5) is 4.36. The van der Waals surface area contributed by atoms with E-state index in [1.807, 2.05) is 26.0 Å². The molecular formula is C12H12ClNO. The first kappa shape index (κ1) is 10.2. The molecule has 15 heavy (non-hydrogen) atoms. The SMILES string of the molecule is COc1c(C)ccc2c(Cl)c(C)cnc12. The molecule has 1 heterocycles. The van der Waals surface area contributed by atoms with Gasteiger partial charge in [0.2, 0.25) is 0 Å². The molecule has 0 radical (unpaired) electrons. The molecule has 1 aromatic carbocycles.